The molecule has 2 nitrogen and oxygen atoms in total. The number of thioether (sulfide) groups is 1. The van der Waals surface area contributed by atoms with Crippen LogP contribution in [0.25, 0.3) is 0 Å². The van der Waals surface area contributed by atoms with Crippen LogP contribution in [0.15, 0.2) is 0 Å². The molecule has 1 aliphatic heterocycles. The molecule has 0 bridgehead atoms. The lowest BCUT2D eigenvalue weighted by Crippen LogP contribution is -2.11. The van der Waals surface area contributed by atoms with Gasteiger partial charge in [-0.2, -0.15) is 11.8 Å². The Morgan fingerprint density at radius 3 is 2.88 bits per heavy atom. The standard InChI is InChI=1S/C13H20N2S2/c1-2-14-8-11-12(9-5-6-9)15-13(17-11)10-4-3-7-16-10/h9-10,14H,2-8H2,1H3. The summed E-state index contributed by atoms with van der Waals surface area (Å²) in [5.74, 6) is 2.12. The van der Waals surface area contributed by atoms with E-state index >= 15 is 0 Å². The fourth-order valence-corrected chi connectivity index (χ4v) is 4.97. The average molecular weight is 268 g/mol. The van der Waals surface area contributed by atoms with Crippen LogP contribution in [0.5, 0.6) is 0 Å². The lowest BCUT2D eigenvalue weighted by atomic mass is 10.2. The van der Waals surface area contributed by atoms with Crippen LogP contribution in [-0.2, 0) is 6.54 Å². The van der Waals surface area contributed by atoms with Crippen LogP contribution >= 0.6 is 23.1 Å². The average Bonchev–Trinajstić information content (AvgIpc) is 2.90. The highest BCUT2D eigenvalue weighted by Crippen LogP contribution is 2.47. The Hall–Kier alpha value is -0.0600. The molecule has 2 fully saturated rings. The SMILES string of the molecule is CCNCc1sc(C2CCCS2)nc1C1CC1. The first-order valence-electron chi connectivity index (χ1n) is 6.70. The third-order valence-electron chi connectivity index (χ3n) is 3.45. The fraction of sp³-hybridized carbons (Fsp3) is 0.769. The molecule has 4 heteroatoms. The number of rotatable bonds is 5. The number of thiazole rings is 1. The molecule has 1 saturated heterocycles. The zero-order valence-electron chi connectivity index (χ0n) is 10.4. The Kier molecular flexibility index (Phi) is 3.73. The highest BCUT2D eigenvalue weighted by Gasteiger charge is 2.31. The van der Waals surface area contributed by atoms with Gasteiger partial charge in [0.2, 0.25) is 0 Å². The first-order chi connectivity index (χ1) is 8.38. The second kappa shape index (κ2) is 5.29. The van der Waals surface area contributed by atoms with Crippen molar-refractivity contribution in [2.75, 3.05) is 12.3 Å². The van der Waals surface area contributed by atoms with Gasteiger partial charge in [0.05, 0.1) is 10.9 Å². The largest absolute Gasteiger partial charge is 0.312 e. The van der Waals surface area contributed by atoms with E-state index in [2.05, 4.69) is 24.0 Å². The first kappa shape index (κ1) is 12.0. The maximum Gasteiger partial charge on any atom is 0.106 e. The molecule has 0 aromatic carbocycles. The van der Waals surface area contributed by atoms with E-state index in [1.807, 2.05) is 11.3 Å². The smallest absolute Gasteiger partial charge is 0.106 e. The molecule has 2 aliphatic rings. The van der Waals surface area contributed by atoms with Gasteiger partial charge in [0.1, 0.15) is 5.01 Å². The van der Waals surface area contributed by atoms with Crippen molar-refractivity contribution < 1.29 is 0 Å². The van der Waals surface area contributed by atoms with Gasteiger partial charge in [-0.3, -0.25) is 0 Å². The maximum absolute atomic E-state index is 4.96. The van der Waals surface area contributed by atoms with Crippen molar-refractivity contribution in [2.24, 2.45) is 0 Å². The van der Waals surface area contributed by atoms with Gasteiger partial charge < -0.3 is 5.32 Å². The van der Waals surface area contributed by atoms with E-state index in [4.69, 9.17) is 4.98 Å². The fourth-order valence-electron chi connectivity index (χ4n) is 2.33. The van der Waals surface area contributed by atoms with E-state index in [1.54, 1.807) is 0 Å². The van der Waals surface area contributed by atoms with Crippen LogP contribution in [-0.4, -0.2) is 17.3 Å². The predicted octanol–water partition coefficient (Wildman–Crippen LogP) is 3.70. The number of hydrogen-bond donors (Lipinski definition) is 1. The van der Waals surface area contributed by atoms with Crippen LogP contribution in [0.2, 0.25) is 0 Å². The monoisotopic (exact) mass is 268 g/mol. The quantitative estimate of drug-likeness (QED) is 0.881. The third-order valence-corrected chi connectivity index (χ3v) is 6.17. The Balaban J connectivity index is 1.79. The minimum absolute atomic E-state index is 0.702. The molecule has 1 saturated carbocycles. The summed E-state index contributed by atoms with van der Waals surface area (Å²) < 4.78 is 0. The van der Waals surface area contributed by atoms with Gasteiger partial charge in [-0.05, 0) is 38.0 Å². The Labute approximate surface area is 112 Å². The highest BCUT2D eigenvalue weighted by molar-refractivity contribution is 7.99. The number of aromatic nitrogens is 1. The van der Waals surface area contributed by atoms with Crippen LogP contribution < -0.4 is 5.32 Å². The van der Waals surface area contributed by atoms with Gasteiger partial charge in [0.15, 0.2) is 0 Å². The van der Waals surface area contributed by atoms with E-state index < -0.39 is 0 Å². The minimum Gasteiger partial charge on any atom is -0.312 e. The molecule has 1 atom stereocenters. The van der Waals surface area contributed by atoms with Crippen molar-refractivity contribution in [3.8, 4) is 0 Å². The van der Waals surface area contributed by atoms with Crippen LogP contribution in [0.3, 0.4) is 0 Å². The van der Waals surface area contributed by atoms with Gasteiger partial charge in [-0.1, -0.05) is 6.92 Å². The normalized spacial score (nSPS) is 24.4. The van der Waals surface area contributed by atoms with Gasteiger partial charge >= 0.3 is 0 Å². The van der Waals surface area contributed by atoms with Gasteiger partial charge in [-0.15, -0.1) is 11.3 Å². The molecule has 1 N–H and O–H groups in total. The first-order valence-corrected chi connectivity index (χ1v) is 8.56. The van der Waals surface area contributed by atoms with Crippen molar-refractivity contribution >= 4 is 23.1 Å². The van der Waals surface area contributed by atoms with Gasteiger partial charge in [0.25, 0.3) is 0 Å². The Morgan fingerprint density at radius 1 is 1.35 bits per heavy atom. The van der Waals surface area contributed by atoms with Crippen LogP contribution in [0, 0.1) is 0 Å². The molecule has 2 heterocycles. The molecule has 94 valence electrons. The lowest BCUT2D eigenvalue weighted by Gasteiger charge is -2.01. The minimum atomic E-state index is 0.702. The predicted molar refractivity (Wildman–Crippen MR) is 75.9 cm³/mol. The summed E-state index contributed by atoms with van der Waals surface area (Å²) in [6, 6.07) is 0. The number of hydrogen-bond acceptors (Lipinski definition) is 4. The summed E-state index contributed by atoms with van der Waals surface area (Å²) in [6.45, 7) is 4.25. The van der Waals surface area contributed by atoms with Crippen molar-refractivity contribution in [3.63, 3.8) is 0 Å². The Bertz CT molecular complexity index is 379. The second-order valence-electron chi connectivity index (χ2n) is 4.92. The van der Waals surface area contributed by atoms with Crippen LogP contribution in [0.4, 0.5) is 0 Å². The third kappa shape index (κ3) is 2.69. The van der Waals surface area contributed by atoms with Crippen molar-refractivity contribution in [1.29, 1.82) is 0 Å². The summed E-state index contributed by atoms with van der Waals surface area (Å²) >= 11 is 4.07. The summed E-state index contributed by atoms with van der Waals surface area (Å²) in [4.78, 5) is 6.48. The van der Waals surface area contributed by atoms with Crippen molar-refractivity contribution in [3.05, 3.63) is 15.6 Å². The molecule has 3 rings (SSSR count). The number of nitrogens with one attached hydrogen (secondary N) is 1. The molecular weight excluding hydrogens is 248 g/mol. The molecule has 17 heavy (non-hydrogen) atoms. The molecular formula is C13H20N2S2. The Morgan fingerprint density at radius 2 is 2.24 bits per heavy atom. The molecule has 0 radical (unpaired) electrons. The van der Waals surface area contributed by atoms with Gasteiger partial charge in [-0.25, -0.2) is 4.98 Å². The van der Waals surface area contributed by atoms with Crippen molar-refractivity contribution in [1.82, 2.24) is 10.3 Å². The van der Waals surface area contributed by atoms with E-state index in [-0.39, 0.29) is 0 Å². The maximum atomic E-state index is 4.96. The molecule has 1 unspecified atom stereocenters. The van der Waals surface area contributed by atoms with E-state index in [1.165, 1.54) is 47.0 Å². The van der Waals surface area contributed by atoms with E-state index in [9.17, 15) is 0 Å². The van der Waals surface area contributed by atoms with E-state index in [0.29, 0.717) is 5.25 Å². The molecule has 0 amide bonds. The summed E-state index contributed by atoms with van der Waals surface area (Å²) in [7, 11) is 0. The second-order valence-corrected chi connectivity index (χ2v) is 7.34. The highest BCUT2D eigenvalue weighted by atomic mass is 32.2. The lowest BCUT2D eigenvalue weighted by molar-refractivity contribution is 0.726. The zero-order chi connectivity index (χ0) is 11.7. The molecule has 1 aromatic rings. The van der Waals surface area contributed by atoms with Gasteiger partial charge in [0, 0.05) is 17.3 Å². The van der Waals surface area contributed by atoms with Crippen molar-refractivity contribution in [2.45, 2.75) is 50.3 Å². The zero-order valence-corrected chi connectivity index (χ0v) is 12.0. The summed E-state index contributed by atoms with van der Waals surface area (Å²) in [6.07, 6.45) is 5.43. The van der Waals surface area contributed by atoms with E-state index in [0.717, 1.165) is 19.0 Å². The van der Waals surface area contributed by atoms with Crippen LogP contribution in [0.1, 0.15) is 59.4 Å². The topological polar surface area (TPSA) is 24.9 Å². The summed E-state index contributed by atoms with van der Waals surface area (Å²) in [5.41, 5.74) is 1.43. The molecule has 1 aliphatic carbocycles. The molecule has 1 aromatic heterocycles. The molecule has 0 spiro atoms. The number of nitrogens with zero attached hydrogens (tertiary/aromatic N) is 1. The summed E-state index contributed by atoms with van der Waals surface area (Å²) in [5, 5.41) is 5.56.